The van der Waals surface area contributed by atoms with Crippen LogP contribution in [0.3, 0.4) is 0 Å². The first kappa shape index (κ1) is 18.6. The summed E-state index contributed by atoms with van der Waals surface area (Å²) < 4.78 is 13.2. The Balaban J connectivity index is 1.77. The SMILES string of the molecule is Cc1cccc(C)c1NC(=O)CN1C(=O)N[C@](C)(c2ccc(F)cc2)C1=O. The van der Waals surface area contributed by atoms with Crippen LogP contribution < -0.4 is 10.6 Å². The summed E-state index contributed by atoms with van der Waals surface area (Å²) >= 11 is 0. The zero-order valence-corrected chi connectivity index (χ0v) is 15.3. The first-order valence-electron chi connectivity index (χ1n) is 8.48. The Kier molecular flexibility index (Phi) is 4.70. The number of rotatable bonds is 4. The number of imide groups is 1. The van der Waals surface area contributed by atoms with Crippen molar-refractivity contribution >= 4 is 23.5 Å². The number of carbonyl (C=O) groups excluding carboxylic acids is 3. The summed E-state index contributed by atoms with van der Waals surface area (Å²) in [4.78, 5) is 38.4. The Labute approximate surface area is 156 Å². The lowest BCUT2D eigenvalue weighted by molar-refractivity contribution is -0.133. The summed E-state index contributed by atoms with van der Waals surface area (Å²) in [6.45, 7) is 4.85. The third kappa shape index (κ3) is 3.40. The number of hydrogen-bond donors (Lipinski definition) is 2. The molecule has 1 aliphatic rings. The highest BCUT2D eigenvalue weighted by Gasteiger charge is 2.49. The van der Waals surface area contributed by atoms with E-state index in [1.165, 1.54) is 31.2 Å². The largest absolute Gasteiger partial charge is 0.325 e. The van der Waals surface area contributed by atoms with E-state index in [1.54, 1.807) is 0 Å². The van der Waals surface area contributed by atoms with Crippen molar-refractivity contribution in [1.82, 2.24) is 10.2 Å². The van der Waals surface area contributed by atoms with Gasteiger partial charge in [-0.1, -0.05) is 30.3 Å². The van der Waals surface area contributed by atoms with Gasteiger partial charge in [-0.2, -0.15) is 0 Å². The van der Waals surface area contributed by atoms with Crippen LogP contribution in [0.15, 0.2) is 42.5 Å². The van der Waals surface area contributed by atoms with Crippen LogP contribution in [-0.4, -0.2) is 29.3 Å². The third-order valence-electron chi connectivity index (χ3n) is 4.74. The van der Waals surface area contributed by atoms with Crippen LogP contribution in [0, 0.1) is 19.7 Å². The summed E-state index contributed by atoms with van der Waals surface area (Å²) in [6.07, 6.45) is 0. The van der Waals surface area contributed by atoms with Gasteiger partial charge in [0.2, 0.25) is 5.91 Å². The number of amides is 4. The molecule has 0 saturated carbocycles. The molecule has 1 fully saturated rings. The van der Waals surface area contributed by atoms with E-state index in [-0.39, 0.29) is 0 Å². The van der Waals surface area contributed by atoms with Gasteiger partial charge in [-0.3, -0.25) is 14.5 Å². The summed E-state index contributed by atoms with van der Waals surface area (Å²) in [5.74, 6) is -1.47. The predicted octanol–water partition coefficient (Wildman–Crippen LogP) is 2.85. The Morgan fingerprint density at radius 3 is 2.30 bits per heavy atom. The Morgan fingerprint density at radius 2 is 1.70 bits per heavy atom. The Bertz CT molecular complexity index is 906. The number of hydrogen-bond acceptors (Lipinski definition) is 3. The standard InChI is InChI=1S/C20H20FN3O3/c1-12-5-4-6-13(2)17(12)22-16(25)11-24-18(26)20(3,23-19(24)27)14-7-9-15(21)10-8-14/h4-10H,11H2,1-3H3,(H,22,25)(H,23,27)/t20-/m1/s1. The van der Waals surface area contributed by atoms with Crippen LogP contribution in [0.5, 0.6) is 0 Å². The van der Waals surface area contributed by atoms with Crippen LogP contribution in [0.2, 0.25) is 0 Å². The van der Waals surface area contributed by atoms with Crippen LogP contribution in [0.1, 0.15) is 23.6 Å². The van der Waals surface area contributed by atoms with Gasteiger partial charge in [0.1, 0.15) is 17.9 Å². The van der Waals surface area contributed by atoms with E-state index in [4.69, 9.17) is 0 Å². The van der Waals surface area contributed by atoms with E-state index in [2.05, 4.69) is 10.6 Å². The second kappa shape index (κ2) is 6.83. The highest BCUT2D eigenvalue weighted by atomic mass is 19.1. The number of halogens is 1. The van der Waals surface area contributed by atoms with Gasteiger partial charge in [0.05, 0.1) is 0 Å². The van der Waals surface area contributed by atoms with Gasteiger partial charge in [0.15, 0.2) is 0 Å². The second-order valence-corrected chi connectivity index (χ2v) is 6.77. The van der Waals surface area contributed by atoms with Crippen molar-refractivity contribution in [1.29, 1.82) is 0 Å². The van der Waals surface area contributed by atoms with Crippen LogP contribution >= 0.6 is 0 Å². The van der Waals surface area contributed by atoms with Crippen LogP contribution in [0.4, 0.5) is 14.9 Å². The van der Waals surface area contributed by atoms with Crippen molar-refractivity contribution in [3.8, 4) is 0 Å². The summed E-state index contributed by atoms with van der Waals surface area (Å²) in [6, 6.07) is 10.3. The lowest BCUT2D eigenvalue weighted by Crippen LogP contribution is -2.42. The highest BCUT2D eigenvalue weighted by molar-refractivity contribution is 6.10. The smallest absolute Gasteiger partial charge is 0.324 e. The van der Waals surface area contributed by atoms with Crippen molar-refractivity contribution in [2.24, 2.45) is 0 Å². The van der Waals surface area contributed by atoms with Crippen molar-refractivity contribution < 1.29 is 18.8 Å². The minimum absolute atomic E-state index is 0.408. The number of benzene rings is 2. The zero-order chi connectivity index (χ0) is 19.8. The summed E-state index contributed by atoms with van der Waals surface area (Å²) in [5.41, 5.74) is 1.54. The van der Waals surface area contributed by atoms with Gasteiger partial charge in [-0.15, -0.1) is 0 Å². The molecule has 1 aliphatic heterocycles. The van der Waals surface area contributed by atoms with E-state index in [9.17, 15) is 18.8 Å². The molecule has 0 unspecified atom stereocenters. The quantitative estimate of drug-likeness (QED) is 0.814. The molecule has 1 atom stereocenters. The molecule has 3 rings (SSSR count). The number of urea groups is 1. The monoisotopic (exact) mass is 369 g/mol. The normalized spacial score (nSPS) is 19.2. The van der Waals surface area contributed by atoms with Crippen molar-refractivity contribution in [2.45, 2.75) is 26.3 Å². The fraction of sp³-hybridized carbons (Fsp3) is 0.250. The summed E-state index contributed by atoms with van der Waals surface area (Å²) in [7, 11) is 0. The number of para-hydroxylation sites is 1. The highest BCUT2D eigenvalue weighted by Crippen LogP contribution is 2.29. The zero-order valence-electron chi connectivity index (χ0n) is 15.3. The number of carbonyl (C=O) groups is 3. The van der Waals surface area contributed by atoms with Crippen molar-refractivity contribution in [3.05, 3.63) is 65.0 Å². The average Bonchev–Trinajstić information content (AvgIpc) is 2.83. The molecule has 1 saturated heterocycles. The molecule has 7 heteroatoms. The topological polar surface area (TPSA) is 78.5 Å². The van der Waals surface area contributed by atoms with Gasteiger partial charge < -0.3 is 10.6 Å². The maximum absolute atomic E-state index is 13.2. The van der Waals surface area contributed by atoms with Gasteiger partial charge in [-0.05, 0) is 49.6 Å². The molecule has 0 bridgehead atoms. The first-order chi connectivity index (χ1) is 12.7. The number of nitrogens with one attached hydrogen (secondary N) is 2. The van der Waals surface area contributed by atoms with E-state index >= 15 is 0 Å². The molecule has 2 N–H and O–H groups in total. The Hall–Kier alpha value is -3.22. The minimum Gasteiger partial charge on any atom is -0.324 e. The number of aryl methyl sites for hydroxylation is 2. The molecular formula is C20H20FN3O3. The molecular weight excluding hydrogens is 349 g/mol. The molecule has 0 spiro atoms. The van der Waals surface area contributed by atoms with Crippen LogP contribution in [-0.2, 0) is 15.1 Å². The molecule has 2 aromatic carbocycles. The summed E-state index contributed by atoms with van der Waals surface area (Å²) in [5, 5.41) is 5.35. The maximum atomic E-state index is 13.2. The molecule has 27 heavy (non-hydrogen) atoms. The molecule has 0 radical (unpaired) electrons. The van der Waals surface area contributed by atoms with E-state index in [0.717, 1.165) is 16.0 Å². The van der Waals surface area contributed by atoms with Crippen LogP contribution in [0.25, 0.3) is 0 Å². The molecule has 0 aliphatic carbocycles. The number of anilines is 1. The fourth-order valence-electron chi connectivity index (χ4n) is 3.15. The second-order valence-electron chi connectivity index (χ2n) is 6.77. The van der Waals surface area contributed by atoms with Crippen molar-refractivity contribution in [3.63, 3.8) is 0 Å². The molecule has 0 aromatic heterocycles. The average molecular weight is 369 g/mol. The van der Waals surface area contributed by atoms with E-state index in [1.807, 2.05) is 32.0 Å². The first-order valence-corrected chi connectivity index (χ1v) is 8.48. The number of nitrogens with zero attached hydrogens (tertiary/aromatic N) is 1. The maximum Gasteiger partial charge on any atom is 0.325 e. The van der Waals surface area contributed by atoms with E-state index < -0.39 is 35.7 Å². The predicted molar refractivity (Wildman–Crippen MR) is 98.5 cm³/mol. The molecule has 140 valence electrons. The van der Waals surface area contributed by atoms with Gasteiger partial charge >= 0.3 is 6.03 Å². The van der Waals surface area contributed by atoms with Gasteiger partial charge in [-0.25, -0.2) is 9.18 Å². The molecule has 1 heterocycles. The molecule has 6 nitrogen and oxygen atoms in total. The lowest BCUT2D eigenvalue weighted by atomic mass is 9.92. The fourth-order valence-corrected chi connectivity index (χ4v) is 3.15. The minimum atomic E-state index is -1.34. The van der Waals surface area contributed by atoms with Gasteiger partial charge in [0.25, 0.3) is 5.91 Å². The Morgan fingerprint density at radius 1 is 1.11 bits per heavy atom. The van der Waals surface area contributed by atoms with Crippen molar-refractivity contribution in [2.75, 3.05) is 11.9 Å². The van der Waals surface area contributed by atoms with E-state index in [0.29, 0.717) is 11.3 Å². The third-order valence-corrected chi connectivity index (χ3v) is 4.74. The lowest BCUT2D eigenvalue weighted by Gasteiger charge is -2.22. The van der Waals surface area contributed by atoms with Gasteiger partial charge in [0, 0.05) is 5.69 Å². The molecule has 2 aromatic rings. The molecule has 4 amide bonds.